The molecule has 0 aromatic heterocycles. The van der Waals surface area contributed by atoms with Gasteiger partial charge in [-0.15, -0.1) is 11.8 Å². The van der Waals surface area contributed by atoms with Gasteiger partial charge in [-0.1, -0.05) is 120 Å². The number of benzene rings is 3. The second-order valence-corrected chi connectivity index (χ2v) is 20.7. The molecular weight excluding hydrogens is 673 g/mol. The Morgan fingerprint density at radius 3 is 2.14 bits per heavy atom. The number of hydrogen-bond donors (Lipinski definition) is 0. The van der Waals surface area contributed by atoms with Crippen LogP contribution in [0.4, 0.5) is 0 Å². The molecule has 2 heterocycles. The van der Waals surface area contributed by atoms with Gasteiger partial charge in [0.15, 0.2) is 5.79 Å². The maximum Gasteiger partial charge on any atom is 0.261 e. The van der Waals surface area contributed by atoms with Gasteiger partial charge >= 0.3 is 0 Å². The van der Waals surface area contributed by atoms with Crippen molar-refractivity contribution in [2.45, 2.75) is 121 Å². The van der Waals surface area contributed by atoms with E-state index >= 15 is 0 Å². The molecule has 3 aromatic rings. The van der Waals surface area contributed by atoms with Crippen LogP contribution < -0.4 is 15.1 Å². The summed E-state index contributed by atoms with van der Waals surface area (Å²) in [6, 6.07) is 29.9. The van der Waals surface area contributed by atoms with Crippen molar-refractivity contribution in [3.05, 3.63) is 90.5 Å². The van der Waals surface area contributed by atoms with Gasteiger partial charge in [-0.2, -0.15) is 0 Å². The molecule has 0 amide bonds. The van der Waals surface area contributed by atoms with Crippen LogP contribution >= 0.6 is 11.8 Å². The summed E-state index contributed by atoms with van der Waals surface area (Å²) in [6.45, 7) is 13.2. The van der Waals surface area contributed by atoms with Crippen molar-refractivity contribution in [3.8, 4) is 5.75 Å². The highest BCUT2D eigenvalue weighted by Crippen LogP contribution is 2.48. The average molecular weight is 735 g/mol. The zero-order valence-electron chi connectivity index (χ0n) is 32.2. The standard InChI is InChI=1S/C43H62O6SSi/c1-8-9-26-42(46-33-50-7)28-29-43(27-24-34(2)39(48-43)25-30-45-31-35-20-22-36(44-6)23-21-35)49-40(42)32-47-51(41(3,4)5,37-16-12-10-13-17-37)38-18-14-11-15-19-38/h10-23,34,39-40H,8-9,24-33H2,1-7H3/t34-,39+,40-,42+,43-/m0/s1. The number of thioether (sulfide) groups is 1. The molecule has 0 N–H and O–H groups in total. The number of methoxy groups -OCH3 is 1. The smallest absolute Gasteiger partial charge is 0.261 e. The summed E-state index contributed by atoms with van der Waals surface area (Å²) >= 11 is 1.73. The van der Waals surface area contributed by atoms with Crippen LogP contribution in [0.5, 0.6) is 5.75 Å². The number of hydrogen-bond acceptors (Lipinski definition) is 7. The summed E-state index contributed by atoms with van der Waals surface area (Å²) in [5.74, 6) is 1.25. The Kier molecular flexibility index (Phi) is 14.3. The van der Waals surface area contributed by atoms with Crippen LogP contribution in [0, 0.1) is 5.92 Å². The molecule has 51 heavy (non-hydrogen) atoms. The Morgan fingerprint density at radius 1 is 0.882 bits per heavy atom. The van der Waals surface area contributed by atoms with Crippen molar-refractivity contribution in [3.63, 3.8) is 0 Å². The molecule has 2 fully saturated rings. The number of rotatable bonds is 17. The minimum atomic E-state index is -2.80. The molecule has 5 atom stereocenters. The molecule has 2 aliphatic rings. The second kappa shape index (κ2) is 18.2. The molecule has 6 nitrogen and oxygen atoms in total. The van der Waals surface area contributed by atoms with E-state index in [1.807, 2.05) is 12.1 Å². The van der Waals surface area contributed by atoms with Crippen molar-refractivity contribution in [2.24, 2.45) is 5.92 Å². The van der Waals surface area contributed by atoms with Crippen molar-refractivity contribution in [1.82, 2.24) is 0 Å². The molecule has 3 aromatic carbocycles. The lowest BCUT2D eigenvalue weighted by Gasteiger charge is -2.55. The first kappa shape index (κ1) is 40.0. The van der Waals surface area contributed by atoms with Gasteiger partial charge in [-0.25, -0.2) is 0 Å². The van der Waals surface area contributed by atoms with Gasteiger partial charge in [-0.3, -0.25) is 0 Å². The molecule has 0 unspecified atom stereocenters. The lowest BCUT2D eigenvalue weighted by Crippen LogP contribution is -2.68. The first-order valence-corrected chi connectivity index (χ1v) is 22.3. The SMILES string of the molecule is CCCC[C@@]1(OCSC)CC[C@]2(CC[C@H](C)[C@@H](CCOCc3ccc(OC)cc3)O2)O[C@H]1CO[Si](c1ccccc1)(c1ccccc1)C(C)(C)C. The van der Waals surface area contributed by atoms with E-state index in [0.29, 0.717) is 31.7 Å². The fourth-order valence-electron chi connectivity index (χ4n) is 8.12. The summed E-state index contributed by atoms with van der Waals surface area (Å²) in [4.78, 5) is 0. The molecule has 0 saturated carbocycles. The first-order chi connectivity index (χ1) is 24.6. The van der Waals surface area contributed by atoms with Crippen LogP contribution in [-0.2, 0) is 30.0 Å². The van der Waals surface area contributed by atoms with E-state index in [1.165, 1.54) is 10.4 Å². The molecule has 5 rings (SSSR count). The number of ether oxygens (including phenoxy) is 5. The second-order valence-electron chi connectivity index (χ2n) is 15.6. The minimum Gasteiger partial charge on any atom is -0.497 e. The van der Waals surface area contributed by atoms with Crippen molar-refractivity contribution in [1.29, 1.82) is 0 Å². The third kappa shape index (κ3) is 9.50. The molecule has 1 spiro atoms. The summed E-state index contributed by atoms with van der Waals surface area (Å²) in [7, 11) is -1.12. The average Bonchev–Trinajstić information content (AvgIpc) is 3.15. The minimum absolute atomic E-state index is 0.0584. The zero-order valence-corrected chi connectivity index (χ0v) is 34.0. The maximum atomic E-state index is 7.58. The van der Waals surface area contributed by atoms with Crippen LogP contribution in [0.3, 0.4) is 0 Å². The van der Waals surface area contributed by atoms with E-state index in [4.69, 9.17) is 28.1 Å². The molecule has 0 aliphatic carbocycles. The fourth-order valence-corrected chi connectivity index (χ4v) is 13.0. The van der Waals surface area contributed by atoms with Crippen LogP contribution in [-0.4, -0.2) is 64.4 Å². The monoisotopic (exact) mass is 734 g/mol. The molecule has 8 heteroatoms. The Morgan fingerprint density at radius 2 is 1.55 bits per heavy atom. The lowest BCUT2D eigenvalue weighted by molar-refractivity contribution is -0.359. The Hall–Kier alpha value is -2.17. The van der Waals surface area contributed by atoms with E-state index in [0.717, 1.165) is 62.7 Å². The predicted octanol–water partition coefficient (Wildman–Crippen LogP) is 9.14. The summed E-state index contributed by atoms with van der Waals surface area (Å²) in [6.07, 6.45) is 9.47. The Bertz CT molecular complexity index is 1400. The van der Waals surface area contributed by atoms with Gasteiger partial charge in [0.25, 0.3) is 8.32 Å². The molecule has 0 bridgehead atoms. The van der Waals surface area contributed by atoms with E-state index < -0.39 is 19.7 Å². The van der Waals surface area contributed by atoms with E-state index in [-0.39, 0.29) is 17.2 Å². The Balaban J connectivity index is 1.40. The molecular formula is C43H62O6SSi. The van der Waals surface area contributed by atoms with Crippen molar-refractivity contribution in [2.75, 3.05) is 32.5 Å². The molecule has 280 valence electrons. The van der Waals surface area contributed by atoms with Gasteiger partial charge in [0.2, 0.25) is 0 Å². The van der Waals surface area contributed by atoms with Gasteiger partial charge in [0.05, 0.1) is 38.0 Å². The van der Waals surface area contributed by atoms with Crippen LogP contribution in [0.1, 0.15) is 91.5 Å². The summed E-state index contributed by atoms with van der Waals surface area (Å²) < 4.78 is 40.4. The van der Waals surface area contributed by atoms with Crippen LogP contribution in [0.2, 0.25) is 5.04 Å². The van der Waals surface area contributed by atoms with E-state index in [2.05, 4.69) is 114 Å². The highest BCUT2D eigenvalue weighted by Gasteiger charge is 2.56. The van der Waals surface area contributed by atoms with E-state index in [1.54, 1.807) is 18.9 Å². The van der Waals surface area contributed by atoms with Crippen molar-refractivity contribution < 1.29 is 28.1 Å². The Labute approximate surface area is 313 Å². The predicted molar refractivity (Wildman–Crippen MR) is 213 cm³/mol. The normalized spacial score (nSPS) is 25.6. The zero-order chi connectivity index (χ0) is 36.4. The van der Waals surface area contributed by atoms with Gasteiger partial charge in [-0.05, 0) is 71.0 Å². The number of unbranched alkanes of at least 4 members (excludes halogenated alkanes) is 1. The summed E-state index contributed by atoms with van der Waals surface area (Å²) in [5, 5.41) is 2.41. The third-order valence-corrected chi connectivity index (χ3v) is 16.5. The highest BCUT2D eigenvalue weighted by molar-refractivity contribution is 7.98. The van der Waals surface area contributed by atoms with E-state index in [9.17, 15) is 0 Å². The molecule has 2 saturated heterocycles. The van der Waals surface area contributed by atoms with Crippen LogP contribution in [0.15, 0.2) is 84.9 Å². The van der Waals surface area contributed by atoms with Gasteiger partial charge < -0.3 is 28.1 Å². The van der Waals surface area contributed by atoms with Crippen LogP contribution in [0.25, 0.3) is 0 Å². The largest absolute Gasteiger partial charge is 0.497 e. The highest BCUT2D eigenvalue weighted by atomic mass is 32.2. The summed E-state index contributed by atoms with van der Waals surface area (Å²) in [5.41, 5.74) is 0.692. The maximum absolute atomic E-state index is 7.58. The lowest BCUT2D eigenvalue weighted by atomic mass is 9.78. The van der Waals surface area contributed by atoms with Crippen molar-refractivity contribution >= 4 is 30.5 Å². The fraction of sp³-hybridized carbons (Fsp3) is 0.581. The van der Waals surface area contributed by atoms with Gasteiger partial charge in [0, 0.05) is 19.4 Å². The molecule has 2 aliphatic heterocycles. The van der Waals surface area contributed by atoms with Gasteiger partial charge in [0.1, 0.15) is 11.9 Å². The topological polar surface area (TPSA) is 55.4 Å². The third-order valence-electron chi connectivity index (χ3n) is 11.1. The molecule has 0 radical (unpaired) electrons. The quantitative estimate of drug-likeness (QED) is 0.0779. The first-order valence-electron chi connectivity index (χ1n) is 19.0.